The van der Waals surface area contributed by atoms with Crippen molar-refractivity contribution in [2.24, 2.45) is 0 Å². The van der Waals surface area contributed by atoms with Crippen LogP contribution in [0.4, 0.5) is 0 Å². The van der Waals surface area contributed by atoms with Crippen LogP contribution in [0.25, 0.3) is 0 Å². The van der Waals surface area contributed by atoms with Gasteiger partial charge in [-0.25, -0.2) is 13.1 Å². The second-order valence-electron chi connectivity index (χ2n) is 7.44. The van der Waals surface area contributed by atoms with Gasteiger partial charge in [0, 0.05) is 18.8 Å². The molecule has 28 heavy (non-hydrogen) atoms. The predicted octanol–water partition coefficient (Wildman–Crippen LogP) is 2.68. The van der Waals surface area contributed by atoms with Crippen LogP contribution in [0.2, 0.25) is 0 Å². The molecule has 1 heterocycles. The van der Waals surface area contributed by atoms with Gasteiger partial charge in [0.15, 0.2) is 0 Å². The third-order valence-corrected chi connectivity index (χ3v) is 5.99. The molecule has 1 atom stereocenters. The van der Waals surface area contributed by atoms with E-state index in [2.05, 4.69) is 29.0 Å². The van der Waals surface area contributed by atoms with Crippen LogP contribution in [-0.4, -0.2) is 38.5 Å². The number of nitrogens with zero attached hydrogens (tertiary/aromatic N) is 1. The van der Waals surface area contributed by atoms with Crippen LogP contribution in [0.1, 0.15) is 43.2 Å². The van der Waals surface area contributed by atoms with Crippen LogP contribution in [0.15, 0.2) is 59.5 Å². The SMILES string of the molecule is CS(=O)(=O)NC[C@H](COC1CCC(c2ccccc2)CC1)n1ccccc1=O. The molecule has 1 aliphatic carbocycles. The van der Waals surface area contributed by atoms with E-state index in [0.717, 1.165) is 31.9 Å². The number of aromatic nitrogens is 1. The highest BCUT2D eigenvalue weighted by Gasteiger charge is 2.24. The van der Waals surface area contributed by atoms with Gasteiger partial charge in [0.25, 0.3) is 5.56 Å². The number of benzene rings is 1. The lowest BCUT2D eigenvalue weighted by Crippen LogP contribution is -2.37. The maximum Gasteiger partial charge on any atom is 0.250 e. The number of hydrogen-bond acceptors (Lipinski definition) is 4. The molecule has 3 rings (SSSR count). The van der Waals surface area contributed by atoms with Gasteiger partial charge in [-0.3, -0.25) is 4.79 Å². The molecule has 1 saturated carbocycles. The summed E-state index contributed by atoms with van der Waals surface area (Å²) < 4.78 is 33.1. The third-order valence-electron chi connectivity index (χ3n) is 5.30. The van der Waals surface area contributed by atoms with Crippen molar-refractivity contribution in [2.45, 2.75) is 43.7 Å². The van der Waals surface area contributed by atoms with Crippen LogP contribution < -0.4 is 10.3 Å². The summed E-state index contributed by atoms with van der Waals surface area (Å²) in [5, 5.41) is 0. The average Bonchev–Trinajstić information content (AvgIpc) is 2.69. The summed E-state index contributed by atoms with van der Waals surface area (Å²) in [7, 11) is -3.34. The number of rotatable bonds is 8. The Morgan fingerprint density at radius 1 is 1.07 bits per heavy atom. The van der Waals surface area contributed by atoms with Crippen LogP contribution in [0.3, 0.4) is 0 Å². The zero-order valence-electron chi connectivity index (χ0n) is 16.2. The minimum atomic E-state index is -3.34. The molecule has 152 valence electrons. The zero-order valence-corrected chi connectivity index (χ0v) is 17.0. The van der Waals surface area contributed by atoms with E-state index in [0.29, 0.717) is 12.5 Å². The maximum absolute atomic E-state index is 12.2. The van der Waals surface area contributed by atoms with Crippen molar-refractivity contribution in [3.05, 3.63) is 70.6 Å². The molecular weight excluding hydrogens is 376 g/mol. The zero-order chi connectivity index (χ0) is 20.0. The molecule has 1 N–H and O–H groups in total. The minimum absolute atomic E-state index is 0.127. The van der Waals surface area contributed by atoms with E-state index in [1.54, 1.807) is 18.3 Å². The maximum atomic E-state index is 12.2. The fourth-order valence-corrected chi connectivity index (χ4v) is 4.26. The first-order valence-corrected chi connectivity index (χ1v) is 11.6. The number of sulfonamides is 1. The lowest BCUT2D eigenvalue weighted by molar-refractivity contribution is 0.00737. The molecule has 7 heteroatoms. The molecule has 0 aliphatic heterocycles. The minimum Gasteiger partial charge on any atom is -0.376 e. The second kappa shape index (κ2) is 9.49. The summed E-state index contributed by atoms with van der Waals surface area (Å²) in [4.78, 5) is 12.2. The van der Waals surface area contributed by atoms with Gasteiger partial charge in [0.2, 0.25) is 10.0 Å². The normalized spacial score (nSPS) is 21.3. The Labute approximate surface area is 166 Å². The molecule has 1 aliphatic rings. The van der Waals surface area contributed by atoms with Crippen molar-refractivity contribution < 1.29 is 13.2 Å². The highest BCUT2D eigenvalue weighted by Crippen LogP contribution is 2.34. The summed E-state index contributed by atoms with van der Waals surface area (Å²) >= 11 is 0. The number of nitrogens with one attached hydrogen (secondary N) is 1. The van der Waals surface area contributed by atoms with E-state index in [1.165, 1.54) is 16.2 Å². The van der Waals surface area contributed by atoms with E-state index in [-0.39, 0.29) is 24.2 Å². The van der Waals surface area contributed by atoms with Gasteiger partial charge in [0.1, 0.15) is 0 Å². The molecule has 0 radical (unpaired) electrons. The van der Waals surface area contributed by atoms with E-state index in [1.807, 2.05) is 6.07 Å². The highest BCUT2D eigenvalue weighted by molar-refractivity contribution is 7.88. The lowest BCUT2D eigenvalue weighted by atomic mass is 9.83. The fraction of sp³-hybridized carbons (Fsp3) is 0.476. The van der Waals surface area contributed by atoms with Crippen molar-refractivity contribution >= 4 is 10.0 Å². The monoisotopic (exact) mass is 404 g/mol. The van der Waals surface area contributed by atoms with Gasteiger partial charge < -0.3 is 9.30 Å². The Kier molecular flexibility index (Phi) is 7.04. The summed E-state index contributed by atoms with van der Waals surface area (Å²) in [6, 6.07) is 15.1. The molecular formula is C21H28N2O4S. The largest absolute Gasteiger partial charge is 0.376 e. The van der Waals surface area contributed by atoms with E-state index < -0.39 is 10.0 Å². The molecule has 1 fully saturated rings. The topological polar surface area (TPSA) is 77.4 Å². The molecule has 0 spiro atoms. The molecule has 1 aromatic carbocycles. The Hall–Kier alpha value is -1.96. The van der Waals surface area contributed by atoms with Gasteiger partial charge in [-0.2, -0.15) is 0 Å². The van der Waals surface area contributed by atoms with E-state index in [4.69, 9.17) is 4.74 Å². The van der Waals surface area contributed by atoms with Crippen molar-refractivity contribution in [3.8, 4) is 0 Å². The van der Waals surface area contributed by atoms with Crippen LogP contribution in [0.5, 0.6) is 0 Å². The van der Waals surface area contributed by atoms with Crippen LogP contribution >= 0.6 is 0 Å². The first-order chi connectivity index (χ1) is 13.4. The number of pyridine rings is 1. The summed E-state index contributed by atoms with van der Waals surface area (Å²) in [5.74, 6) is 0.570. The highest BCUT2D eigenvalue weighted by atomic mass is 32.2. The van der Waals surface area contributed by atoms with Crippen LogP contribution in [-0.2, 0) is 14.8 Å². The fourth-order valence-electron chi connectivity index (χ4n) is 3.76. The lowest BCUT2D eigenvalue weighted by Gasteiger charge is -2.30. The van der Waals surface area contributed by atoms with Crippen molar-refractivity contribution in [1.82, 2.24) is 9.29 Å². The number of ether oxygens (including phenoxy) is 1. The van der Waals surface area contributed by atoms with Crippen molar-refractivity contribution in [3.63, 3.8) is 0 Å². The second-order valence-corrected chi connectivity index (χ2v) is 9.27. The first-order valence-electron chi connectivity index (χ1n) is 9.71. The molecule has 0 saturated heterocycles. The van der Waals surface area contributed by atoms with Crippen LogP contribution in [0, 0.1) is 0 Å². The molecule has 1 aromatic heterocycles. The molecule has 0 bridgehead atoms. The van der Waals surface area contributed by atoms with Gasteiger partial charge in [-0.05, 0) is 43.2 Å². The van der Waals surface area contributed by atoms with Crippen molar-refractivity contribution in [1.29, 1.82) is 0 Å². The van der Waals surface area contributed by atoms with Gasteiger partial charge >= 0.3 is 0 Å². The molecule has 2 aromatic rings. The smallest absolute Gasteiger partial charge is 0.250 e. The van der Waals surface area contributed by atoms with Crippen molar-refractivity contribution in [2.75, 3.05) is 19.4 Å². The Bertz CT molecular complexity index is 903. The predicted molar refractivity (Wildman–Crippen MR) is 110 cm³/mol. The van der Waals surface area contributed by atoms with Gasteiger partial charge in [-0.15, -0.1) is 0 Å². The van der Waals surface area contributed by atoms with Gasteiger partial charge in [0.05, 0.1) is 25.0 Å². The first kappa shape index (κ1) is 20.8. The summed E-state index contributed by atoms with van der Waals surface area (Å²) in [5.41, 5.74) is 1.21. The molecule has 0 unspecified atom stereocenters. The quantitative estimate of drug-likeness (QED) is 0.734. The van der Waals surface area contributed by atoms with E-state index in [9.17, 15) is 13.2 Å². The third kappa shape index (κ3) is 6.02. The Balaban J connectivity index is 1.58. The standard InChI is InChI=1S/C21H28N2O4S/c1-28(25,26)22-15-19(23-14-6-5-9-21(23)24)16-27-20-12-10-18(11-13-20)17-7-3-2-4-8-17/h2-9,14,18-20,22H,10-13,15-16H2,1H3/t18?,19-,20?/m1/s1. The average molecular weight is 405 g/mol. The summed E-state index contributed by atoms with van der Waals surface area (Å²) in [6.07, 6.45) is 7.01. The molecule has 0 amide bonds. The molecule has 6 nitrogen and oxygen atoms in total. The number of hydrogen-bond donors (Lipinski definition) is 1. The summed E-state index contributed by atoms with van der Waals surface area (Å²) in [6.45, 7) is 0.426. The van der Waals surface area contributed by atoms with Gasteiger partial charge in [-0.1, -0.05) is 36.4 Å². The Morgan fingerprint density at radius 2 is 1.75 bits per heavy atom. The van der Waals surface area contributed by atoms with E-state index >= 15 is 0 Å². The Morgan fingerprint density at radius 3 is 2.39 bits per heavy atom.